The number of nitrogens with one attached hydrogen (secondary N) is 1. The fourth-order valence-corrected chi connectivity index (χ4v) is 2.65. The van der Waals surface area contributed by atoms with Gasteiger partial charge in [-0.25, -0.2) is 14.8 Å². The van der Waals surface area contributed by atoms with Crippen molar-refractivity contribution in [1.82, 2.24) is 9.97 Å². The number of hydrogen-bond donors (Lipinski definition) is 1. The number of rotatable bonds is 5. The maximum Gasteiger partial charge on any atom is 0.337 e. The maximum atomic E-state index is 12.1. The summed E-state index contributed by atoms with van der Waals surface area (Å²) < 4.78 is 11.0. The number of hydrogen-bond acceptors (Lipinski definition) is 6. The van der Waals surface area contributed by atoms with E-state index < -0.39 is 5.97 Å². The molecule has 3 aromatic rings. The molecule has 0 aliphatic rings. The fraction of sp³-hybridized carbons (Fsp3) is 0.111. The standard InChI is InChI=1S/C18H14BrN3O4/c1-25-18(24)11-3-2-4-13(7-11)22-16(23)9-26-17-14-8-12(19)5-6-15(14)20-10-21-17/h2-8,10H,9H2,1H3,(H,22,23). The van der Waals surface area contributed by atoms with Gasteiger partial charge in [-0.05, 0) is 36.4 Å². The maximum absolute atomic E-state index is 12.1. The molecule has 26 heavy (non-hydrogen) atoms. The Morgan fingerprint density at radius 1 is 1.15 bits per heavy atom. The quantitative estimate of drug-likeness (QED) is 0.643. The third kappa shape index (κ3) is 4.15. The molecule has 7 nitrogen and oxygen atoms in total. The van der Waals surface area contributed by atoms with E-state index >= 15 is 0 Å². The van der Waals surface area contributed by atoms with E-state index in [-0.39, 0.29) is 12.5 Å². The molecule has 0 aliphatic heterocycles. The lowest BCUT2D eigenvalue weighted by Crippen LogP contribution is -2.20. The number of carbonyl (C=O) groups is 2. The van der Waals surface area contributed by atoms with Gasteiger partial charge in [0.1, 0.15) is 6.33 Å². The predicted molar refractivity (Wildman–Crippen MR) is 99.1 cm³/mol. The minimum absolute atomic E-state index is 0.235. The molecule has 0 atom stereocenters. The first-order valence-electron chi connectivity index (χ1n) is 7.58. The van der Waals surface area contributed by atoms with Crippen LogP contribution in [0.5, 0.6) is 5.88 Å². The second-order valence-electron chi connectivity index (χ2n) is 5.25. The summed E-state index contributed by atoms with van der Waals surface area (Å²) in [5, 5.41) is 3.36. The molecule has 132 valence electrons. The number of halogens is 1. The molecule has 8 heteroatoms. The molecule has 0 aliphatic carbocycles. The molecule has 0 radical (unpaired) electrons. The Labute approximate surface area is 157 Å². The second kappa shape index (κ2) is 7.92. The molecule has 0 fully saturated rings. The van der Waals surface area contributed by atoms with Crippen LogP contribution in [0.25, 0.3) is 10.9 Å². The van der Waals surface area contributed by atoms with Crippen molar-refractivity contribution in [3.05, 3.63) is 58.8 Å². The number of ether oxygens (including phenoxy) is 2. The predicted octanol–water partition coefficient (Wildman–Crippen LogP) is 3.20. The molecular formula is C18H14BrN3O4. The van der Waals surface area contributed by atoms with Crippen LogP contribution in [0.15, 0.2) is 53.3 Å². The highest BCUT2D eigenvalue weighted by Crippen LogP contribution is 2.24. The van der Waals surface area contributed by atoms with E-state index in [4.69, 9.17) is 4.74 Å². The number of fused-ring (bicyclic) bond motifs is 1. The first kappa shape index (κ1) is 17.8. The topological polar surface area (TPSA) is 90.4 Å². The van der Waals surface area contributed by atoms with Gasteiger partial charge >= 0.3 is 5.97 Å². The smallest absolute Gasteiger partial charge is 0.337 e. The van der Waals surface area contributed by atoms with Crippen LogP contribution < -0.4 is 10.1 Å². The van der Waals surface area contributed by atoms with Crippen molar-refractivity contribution in [2.24, 2.45) is 0 Å². The van der Waals surface area contributed by atoms with Crippen LogP contribution in [0.2, 0.25) is 0 Å². The first-order valence-corrected chi connectivity index (χ1v) is 8.37. The summed E-state index contributed by atoms with van der Waals surface area (Å²) in [4.78, 5) is 31.9. The minimum Gasteiger partial charge on any atom is -0.467 e. The van der Waals surface area contributed by atoms with Crippen molar-refractivity contribution in [2.75, 3.05) is 19.0 Å². The Kier molecular flexibility index (Phi) is 5.43. The van der Waals surface area contributed by atoms with Crippen molar-refractivity contribution >= 4 is 44.4 Å². The summed E-state index contributed by atoms with van der Waals surface area (Å²) in [5.41, 5.74) is 1.53. The van der Waals surface area contributed by atoms with E-state index in [1.54, 1.807) is 18.2 Å². The summed E-state index contributed by atoms with van der Waals surface area (Å²) in [6, 6.07) is 12.0. The van der Waals surface area contributed by atoms with Gasteiger partial charge in [-0.2, -0.15) is 0 Å². The van der Waals surface area contributed by atoms with E-state index in [0.29, 0.717) is 28.0 Å². The van der Waals surface area contributed by atoms with E-state index in [2.05, 4.69) is 36.0 Å². The molecule has 1 N–H and O–H groups in total. The van der Waals surface area contributed by atoms with E-state index in [1.165, 1.54) is 19.5 Å². The molecule has 2 aromatic carbocycles. The Morgan fingerprint density at radius 3 is 2.81 bits per heavy atom. The van der Waals surface area contributed by atoms with Gasteiger partial charge in [-0.3, -0.25) is 4.79 Å². The highest BCUT2D eigenvalue weighted by atomic mass is 79.9. The average Bonchev–Trinajstić information content (AvgIpc) is 2.66. The number of benzene rings is 2. The van der Waals surface area contributed by atoms with Gasteiger partial charge < -0.3 is 14.8 Å². The van der Waals surface area contributed by atoms with Crippen LogP contribution in [-0.4, -0.2) is 35.6 Å². The van der Waals surface area contributed by atoms with Crippen molar-refractivity contribution in [3.63, 3.8) is 0 Å². The van der Waals surface area contributed by atoms with Crippen LogP contribution in [0.4, 0.5) is 5.69 Å². The van der Waals surface area contributed by atoms with Crippen LogP contribution in [0.1, 0.15) is 10.4 Å². The van der Waals surface area contributed by atoms with Crippen LogP contribution >= 0.6 is 15.9 Å². The number of aromatic nitrogens is 2. The van der Waals surface area contributed by atoms with Gasteiger partial charge in [0.25, 0.3) is 5.91 Å². The van der Waals surface area contributed by atoms with Gasteiger partial charge in [-0.15, -0.1) is 0 Å². The zero-order valence-electron chi connectivity index (χ0n) is 13.7. The molecular weight excluding hydrogens is 402 g/mol. The number of methoxy groups -OCH3 is 1. The number of nitrogens with zero attached hydrogens (tertiary/aromatic N) is 2. The Hall–Kier alpha value is -3.00. The summed E-state index contributed by atoms with van der Waals surface area (Å²) in [6.07, 6.45) is 1.38. The van der Waals surface area contributed by atoms with Gasteiger partial charge in [0.15, 0.2) is 6.61 Å². The van der Waals surface area contributed by atoms with Gasteiger partial charge in [-0.1, -0.05) is 22.0 Å². The summed E-state index contributed by atoms with van der Waals surface area (Å²) >= 11 is 3.39. The molecule has 3 rings (SSSR count). The van der Waals surface area contributed by atoms with Gasteiger partial charge in [0.2, 0.25) is 5.88 Å². The van der Waals surface area contributed by atoms with Crippen molar-refractivity contribution in [3.8, 4) is 5.88 Å². The monoisotopic (exact) mass is 415 g/mol. The van der Waals surface area contributed by atoms with Crippen molar-refractivity contribution in [1.29, 1.82) is 0 Å². The second-order valence-corrected chi connectivity index (χ2v) is 6.17. The Morgan fingerprint density at radius 2 is 2.00 bits per heavy atom. The Balaban J connectivity index is 1.68. The van der Waals surface area contributed by atoms with Crippen molar-refractivity contribution in [2.45, 2.75) is 0 Å². The molecule has 0 unspecified atom stereocenters. The zero-order valence-corrected chi connectivity index (χ0v) is 15.3. The molecule has 1 aromatic heterocycles. The SMILES string of the molecule is COC(=O)c1cccc(NC(=O)COc2ncnc3ccc(Br)cc23)c1. The number of amides is 1. The summed E-state index contributed by atoms with van der Waals surface area (Å²) in [7, 11) is 1.30. The molecule has 1 amide bonds. The number of carbonyl (C=O) groups excluding carboxylic acids is 2. The van der Waals surface area contributed by atoms with E-state index in [1.807, 2.05) is 18.2 Å². The van der Waals surface area contributed by atoms with Crippen LogP contribution in [-0.2, 0) is 9.53 Å². The van der Waals surface area contributed by atoms with Gasteiger partial charge in [0, 0.05) is 10.2 Å². The Bertz CT molecular complexity index is 978. The third-order valence-corrected chi connectivity index (χ3v) is 3.96. The summed E-state index contributed by atoms with van der Waals surface area (Å²) in [5.74, 6) is -0.543. The molecule has 0 spiro atoms. The van der Waals surface area contributed by atoms with Crippen LogP contribution in [0.3, 0.4) is 0 Å². The van der Waals surface area contributed by atoms with E-state index in [0.717, 1.165) is 4.47 Å². The fourth-order valence-electron chi connectivity index (χ4n) is 2.29. The normalized spacial score (nSPS) is 10.4. The molecule has 0 saturated carbocycles. The lowest BCUT2D eigenvalue weighted by atomic mass is 10.2. The highest BCUT2D eigenvalue weighted by Gasteiger charge is 2.10. The molecule has 0 bridgehead atoms. The average molecular weight is 416 g/mol. The lowest BCUT2D eigenvalue weighted by Gasteiger charge is -2.09. The number of esters is 1. The summed E-state index contributed by atoms with van der Waals surface area (Å²) in [6.45, 7) is -0.235. The zero-order chi connectivity index (χ0) is 18.5. The highest BCUT2D eigenvalue weighted by molar-refractivity contribution is 9.10. The minimum atomic E-state index is -0.476. The largest absolute Gasteiger partial charge is 0.467 e. The van der Waals surface area contributed by atoms with Crippen molar-refractivity contribution < 1.29 is 19.1 Å². The van der Waals surface area contributed by atoms with E-state index in [9.17, 15) is 9.59 Å². The van der Waals surface area contributed by atoms with Gasteiger partial charge in [0.05, 0.1) is 23.6 Å². The lowest BCUT2D eigenvalue weighted by molar-refractivity contribution is -0.118. The molecule has 1 heterocycles. The first-order chi connectivity index (χ1) is 12.6. The van der Waals surface area contributed by atoms with Crippen LogP contribution in [0, 0.1) is 0 Å². The third-order valence-electron chi connectivity index (χ3n) is 3.47. The molecule has 0 saturated heterocycles. The number of anilines is 1.